The molecule has 9 heteroatoms. The fourth-order valence-electron chi connectivity index (χ4n) is 1.62. The number of nitrogens with zero attached hydrogens (tertiary/aromatic N) is 2. The van der Waals surface area contributed by atoms with Gasteiger partial charge in [-0.15, -0.1) is 0 Å². The summed E-state index contributed by atoms with van der Waals surface area (Å²) in [4.78, 5) is 3.96. The topological polar surface area (TPSA) is 86.1 Å². The van der Waals surface area contributed by atoms with Gasteiger partial charge < -0.3 is 4.57 Å². The zero-order valence-corrected chi connectivity index (χ0v) is 14.1. The zero-order valence-electron chi connectivity index (χ0n) is 11.7. The first-order chi connectivity index (χ1) is 9.08. The van der Waals surface area contributed by atoms with Crippen LogP contribution in [0.4, 0.5) is 0 Å². The van der Waals surface area contributed by atoms with E-state index in [0.29, 0.717) is 12.2 Å². The summed E-state index contributed by atoms with van der Waals surface area (Å²) < 4.78 is 47.7. The van der Waals surface area contributed by atoms with Crippen molar-refractivity contribution in [1.82, 2.24) is 9.55 Å². The van der Waals surface area contributed by atoms with E-state index in [-0.39, 0.29) is 17.3 Å². The molecular weight excluding hydrogens is 324 g/mol. The molecule has 0 unspecified atom stereocenters. The van der Waals surface area contributed by atoms with E-state index >= 15 is 0 Å². The van der Waals surface area contributed by atoms with Crippen molar-refractivity contribution in [2.24, 2.45) is 0 Å². The highest BCUT2D eigenvalue weighted by molar-refractivity contribution is 8.13. The molecule has 20 heavy (non-hydrogen) atoms. The van der Waals surface area contributed by atoms with Crippen molar-refractivity contribution in [2.45, 2.75) is 50.4 Å². The average molecular weight is 343 g/mol. The van der Waals surface area contributed by atoms with Gasteiger partial charge in [-0.05, 0) is 20.3 Å². The maximum absolute atomic E-state index is 11.8. The molecule has 0 aliphatic rings. The van der Waals surface area contributed by atoms with Crippen molar-refractivity contribution >= 4 is 29.6 Å². The lowest BCUT2D eigenvalue weighted by Gasteiger charge is -2.10. The lowest BCUT2D eigenvalue weighted by Crippen LogP contribution is -2.21. The molecule has 0 aliphatic carbocycles. The number of aryl methyl sites for hydroxylation is 2. The molecule has 0 spiro atoms. The van der Waals surface area contributed by atoms with Gasteiger partial charge in [-0.2, -0.15) is 0 Å². The smallest absolute Gasteiger partial charge is 0.280 e. The second-order valence-corrected chi connectivity index (χ2v) is 9.98. The van der Waals surface area contributed by atoms with Crippen LogP contribution in [0.15, 0.2) is 11.2 Å². The average Bonchev–Trinajstić information content (AvgIpc) is 2.70. The number of imidazole rings is 1. The highest BCUT2D eigenvalue weighted by Gasteiger charge is 2.20. The third-order valence-corrected chi connectivity index (χ3v) is 6.25. The van der Waals surface area contributed by atoms with Gasteiger partial charge in [0.2, 0.25) is 0 Å². The van der Waals surface area contributed by atoms with Gasteiger partial charge in [0.15, 0.2) is 14.9 Å². The summed E-state index contributed by atoms with van der Waals surface area (Å²) in [7, 11) is -1.82. The van der Waals surface area contributed by atoms with Gasteiger partial charge in [0.25, 0.3) is 9.05 Å². The third-order valence-electron chi connectivity index (χ3n) is 2.90. The van der Waals surface area contributed by atoms with Gasteiger partial charge in [-0.1, -0.05) is 6.92 Å². The van der Waals surface area contributed by atoms with E-state index in [1.807, 2.05) is 6.92 Å². The second kappa shape index (κ2) is 6.44. The lowest BCUT2D eigenvalue weighted by atomic mass is 10.3. The number of aromatic nitrogens is 2. The minimum atomic E-state index is -3.90. The summed E-state index contributed by atoms with van der Waals surface area (Å²) in [5.74, 6) is 0.477. The van der Waals surface area contributed by atoms with Gasteiger partial charge >= 0.3 is 0 Å². The molecule has 0 amide bonds. The Balaban J connectivity index is 3.02. The van der Waals surface area contributed by atoms with Gasteiger partial charge in [0, 0.05) is 29.8 Å². The first-order valence-corrected chi connectivity index (χ1v) is 10.3. The summed E-state index contributed by atoms with van der Waals surface area (Å²) >= 11 is 0. The van der Waals surface area contributed by atoms with Crippen molar-refractivity contribution in [3.63, 3.8) is 0 Å². The minimum Gasteiger partial charge on any atom is -0.332 e. The second-order valence-electron chi connectivity index (χ2n) is 4.79. The highest BCUT2D eigenvalue weighted by Crippen LogP contribution is 2.16. The standard InChI is InChI=1S/C11H19ClN2O4S2/c1-4-5-10-13-11(20(12,17)18)8-14(10)6-7-19(15,16)9(2)3/h8-9H,4-7H2,1-3H3. The van der Waals surface area contributed by atoms with E-state index in [2.05, 4.69) is 4.98 Å². The van der Waals surface area contributed by atoms with Crippen LogP contribution in [0.5, 0.6) is 0 Å². The van der Waals surface area contributed by atoms with Crippen molar-refractivity contribution < 1.29 is 16.8 Å². The first-order valence-electron chi connectivity index (χ1n) is 6.30. The van der Waals surface area contributed by atoms with Crippen LogP contribution in [0.1, 0.15) is 33.0 Å². The van der Waals surface area contributed by atoms with E-state index in [9.17, 15) is 16.8 Å². The van der Waals surface area contributed by atoms with Crippen LogP contribution in [-0.4, -0.2) is 37.4 Å². The van der Waals surface area contributed by atoms with Crippen LogP contribution in [0, 0.1) is 0 Å². The maximum Gasteiger partial charge on any atom is 0.280 e. The molecule has 0 saturated carbocycles. The maximum atomic E-state index is 11.8. The van der Waals surface area contributed by atoms with Gasteiger partial charge in [0.1, 0.15) is 5.82 Å². The molecule has 0 bridgehead atoms. The number of hydrogen-bond donors (Lipinski definition) is 0. The van der Waals surface area contributed by atoms with Crippen LogP contribution in [0.2, 0.25) is 0 Å². The molecule has 1 rings (SSSR count). The Labute approximate surface area is 124 Å². The van der Waals surface area contributed by atoms with Crippen LogP contribution < -0.4 is 0 Å². The van der Waals surface area contributed by atoms with Gasteiger partial charge in [-0.25, -0.2) is 21.8 Å². The molecule has 0 N–H and O–H groups in total. The molecule has 0 fully saturated rings. The predicted molar refractivity (Wildman–Crippen MR) is 78.2 cm³/mol. The number of halogens is 1. The zero-order chi connectivity index (χ0) is 15.6. The van der Waals surface area contributed by atoms with E-state index < -0.39 is 24.1 Å². The molecule has 0 atom stereocenters. The third kappa shape index (κ3) is 4.46. The molecular formula is C11H19ClN2O4S2. The van der Waals surface area contributed by atoms with Gasteiger partial charge in [-0.3, -0.25) is 0 Å². The van der Waals surface area contributed by atoms with E-state index in [0.717, 1.165) is 6.42 Å². The summed E-state index contributed by atoms with van der Waals surface area (Å²) in [6, 6.07) is 0. The van der Waals surface area contributed by atoms with Crippen molar-refractivity contribution in [3.8, 4) is 0 Å². The highest BCUT2D eigenvalue weighted by atomic mass is 35.7. The summed E-state index contributed by atoms with van der Waals surface area (Å²) in [6.07, 6.45) is 2.63. The Morgan fingerprint density at radius 2 is 1.90 bits per heavy atom. The molecule has 1 heterocycles. The first kappa shape index (κ1) is 17.5. The minimum absolute atomic E-state index is 0.0560. The summed E-state index contributed by atoms with van der Waals surface area (Å²) in [5, 5.41) is -0.693. The molecule has 0 aromatic carbocycles. The largest absolute Gasteiger partial charge is 0.332 e. The summed E-state index contributed by atoms with van der Waals surface area (Å²) in [6.45, 7) is 5.34. The molecule has 116 valence electrons. The fraction of sp³-hybridized carbons (Fsp3) is 0.727. The number of sulfone groups is 1. The summed E-state index contributed by atoms with van der Waals surface area (Å²) in [5.41, 5.74) is 0. The Bertz CT molecular complexity index is 663. The Hall–Kier alpha value is -0.600. The quantitative estimate of drug-likeness (QED) is 0.702. The number of hydrogen-bond acceptors (Lipinski definition) is 5. The normalized spacial score (nSPS) is 13.1. The molecule has 0 radical (unpaired) electrons. The Morgan fingerprint density at radius 3 is 2.35 bits per heavy atom. The molecule has 1 aromatic heterocycles. The van der Waals surface area contributed by atoms with E-state index in [1.54, 1.807) is 18.4 Å². The van der Waals surface area contributed by atoms with Crippen LogP contribution in [-0.2, 0) is 31.9 Å². The fourth-order valence-corrected chi connectivity index (χ4v) is 3.24. The SMILES string of the molecule is CCCc1nc(S(=O)(=O)Cl)cn1CCS(=O)(=O)C(C)C. The molecule has 0 saturated heterocycles. The predicted octanol–water partition coefficient (Wildman–Crippen LogP) is 1.59. The molecule has 6 nitrogen and oxygen atoms in total. The van der Waals surface area contributed by atoms with Crippen LogP contribution in [0.25, 0.3) is 0 Å². The van der Waals surface area contributed by atoms with E-state index in [4.69, 9.17) is 10.7 Å². The van der Waals surface area contributed by atoms with E-state index in [1.165, 1.54) is 6.20 Å². The molecule has 1 aromatic rings. The van der Waals surface area contributed by atoms with Crippen molar-refractivity contribution in [1.29, 1.82) is 0 Å². The van der Waals surface area contributed by atoms with Crippen LogP contribution in [0.3, 0.4) is 0 Å². The Kier molecular flexibility index (Phi) is 5.62. The lowest BCUT2D eigenvalue weighted by molar-refractivity contribution is 0.577. The van der Waals surface area contributed by atoms with Crippen molar-refractivity contribution in [3.05, 3.63) is 12.0 Å². The van der Waals surface area contributed by atoms with Crippen molar-refractivity contribution in [2.75, 3.05) is 5.75 Å². The van der Waals surface area contributed by atoms with Crippen LogP contribution >= 0.6 is 10.7 Å². The monoisotopic (exact) mass is 342 g/mol. The number of rotatable bonds is 7. The van der Waals surface area contributed by atoms with Gasteiger partial charge in [0.05, 0.1) is 11.0 Å². The molecule has 0 aliphatic heterocycles. The Morgan fingerprint density at radius 1 is 1.30 bits per heavy atom.